The van der Waals surface area contributed by atoms with E-state index in [1.165, 1.54) is 0 Å². The lowest BCUT2D eigenvalue weighted by Crippen LogP contribution is -2.37. The first-order valence-electron chi connectivity index (χ1n) is 5.72. The van der Waals surface area contributed by atoms with Crippen LogP contribution in [-0.2, 0) is 4.79 Å². The molecule has 1 aromatic rings. The van der Waals surface area contributed by atoms with E-state index < -0.39 is 11.9 Å². The molecule has 96 valence electrons. The Morgan fingerprint density at radius 2 is 2.28 bits per heavy atom. The number of rotatable bonds is 6. The lowest BCUT2D eigenvalue weighted by atomic mass is 10.0. The van der Waals surface area contributed by atoms with Gasteiger partial charge in [-0.3, -0.25) is 4.79 Å². The molecule has 3 N–H and O–H groups in total. The molecular formula is C13H18N4O. The smallest absolute Gasteiger partial charge is 0.239 e. The Balaban J connectivity index is 2.78. The molecule has 0 saturated carbocycles. The van der Waals surface area contributed by atoms with E-state index in [9.17, 15) is 4.79 Å². The SMILES string of the molecule is CN(C)CCNC(C(N)=O)c1cccc(C#N)c1. The fourth-order valence-electron chi connectivity index (χ4n) is 1.60. The summed E-state index contributed by atoms with van der Waals surface area (Å²) < 4.78 is 0. The van der Waals surface area contributed by atoms with Gasteiger partial charge in [-0.25, -0.2) is 0 Å². The summed E-state index contributed by atoms with van der Waals surface area (Å²) in [6, 6.07) is 8.40. The first-order chi connectivity index (χ1) is 8.54. The molecule has 0 spiro atoms. The van der Waals surface area contributed by atoms with E-state index >= 15 is 0 Å². The number of primary amides is 1. The molecule has 0 aliphatic carbocycles. The number of carbonyl (C=O) groups is 1. The van der Waals surface area contributed by atoms with Crippen LogP contribution in [0.3, 0.4) is 0 Å². The van der Waals surface area contributed by atoms with Crippen molar-refractivity contribution in [2.75, 3.05) is 27.2 Å². The van der Waals surface area contributed by atoms with E-state index in [0.717, 1.165) is 12.1 Å². The fourth-order valence-corrected chi connectivity index (χ4v) is 1.60. The molecule has 0 aromatic heterocycles. The zero-order chi connectivity index (χ0) is 13.5. The van der Waals surface area contributed by atoms with Crippen LogP contribution in [0.25, 0.3) is 0 Å². The van der Waals surface area contributed by atoms with E-state index in [4.69, 9.17) is 11.0 Å². The second kappa shape index (κ2) is 6.74. The van der Waals surface area contributed by atoms with Crippen molar-refractivity contribution in [1.29, 1.82) is 5.26 Å². The second-order valence-electron chi connectivity index (χ2n) is 4.33. The molecule has 1 aromatic carbocycles. The minimum atomic E-state index is -0.557. The molecule has 0 aliphatic heterocycles. The highest BCUT2D eigenvalue weighted by Crippen LogP contribution is 2.14. The third kappa shape index (κ3) is 4.17. The van der Waals surface area contributed by atoms with Gasteiger partial charge in [-0.05, 0) is 31.8 Å². The van der Waals surface area contributed by atoms with Crippen LogP contribution in [0, 0.1) is 11.3 Å². The van der Waals surface area contributed by atoms with Crippen molar-refractivity contribution in [2.45, 2.75) is 6.04 Å². The molecule has 1 rings (SSSR count). The van der Waals surface area contributed by atoms with Gasteiger partial charge in [0, 0.05) is 13.1 Å². The lowest BCUT2D eigenvalue weighted by Gasteiger charge is -2.17. The monoisotopic (exact) mass is 246 g/mol. The minimum absolute atomic E-state index is 0.441. The first kappa shape index (κ1) is 14.2. The van der Waals surface area contributed by atoms with Crippen molar-refractivity contribution in [1.82, 2.24) is 10.2 Å². The van der Waals surface area contributed by atoms with E-state index in [0.29, 0.717) is 12.1 Å². The van der Waals surface area contributed by atoms with Crippen LogP contribution in [0.1, 0.15) is 17.2 Å². The van der Waals surface area contributed by atoms with Crippen molar-refractivity contribution < 1.29 is 4.79 Å². The average Bonchev–Trinajstić information content (AvgIpc) is 2.34. The second-order valence-corrected chi connectivity index (χ2v) is 4.33. The summed E-state index contributed by atoms with van der Waals surface area (Å²) in [6.07, 6.45) is 0. The number of nitrogens with two attached hydrogens (primary N) is 1. The van der Waals surface area contributed by atoms with Crippen molar-refractivity contribution >= 4 is 5.91 Å². The molecule has 18 heavy (non-hydrogen) atoms. The third-order valence-electron chi connectivity index (χ3n) is 2.54. The number of amides is 1. The highest BCUT2D eigenvalue weighted by Gasteiger charge is 2.17. The van der Waals surface area contributed by atoms with Crippen LogP contribution in [0.15, 0.2) is 24.3 Å². The number of nitriles is 1. The quantitative estimate of drug-likeness (QED) is 0.753. The summed E-state index contributed by atoms with van der Waals surface area (Å²) in [6.45, 7) is 1.46. The Kier molecular flexibility index (Phi) is 5.31. The Bertz CT molecular complexity index is 451. The maximum atomic E-state index is 11.4. The number of hydrogen-bond acceptors (Lipinski definition) is 4. The van der Waals surface area contributed by atoms with Crippen molar-refractivity contribution in [3.05, 3.63) is 35.4 Å². The zero-order valence-corrected chi connectivity index (χ0v) is 10.7. The van der Waals surface area contributed by atoms with Gasteiger partial charge in [-0.15, -0.1) is 0 Å². The summed E-state index contributed by atoms with van der Waals surface area (Å²) in [7, 11) is 3.91. The zero-order valence-electron chi connectivity index (χ0n) is 10.7. The first-order valence-corrected chi connectivity index (χ1v) is 5.72. The summed E-state index contributed by atoms with van der Waals surface area (Å²) in [5.74, 6) is -0.441. The maximum Gasteiger partial charge on any atom is 0.239 e. The van der Waals surface area contributed by atoms with E-state index in [1.807, 2.05) is 25.1 Å². The number of likely N-dealkylation sites (N-methyl/N-ethyl adjacent to an activating group) is 1. The highest BCUT2D eigenvalue weighted by molar-refractivity contribution is 5.81. The van der Waals surface area contributed by atoms with Gasteiger partial charge in [0.1, 0.15) is 6.04 Å². The molecule has 0 bridgehead atoms. The number of carbonyl (C=O) groups excluding carboxylic acids is 1. The Hall–Kier alpha value is -1.90. The topological polar surface area (TPSA) is 82.2 Å². The van der Waals surface area contributed by atoms with Gasteiger partial charge >= 0.3 is 0 Å². The predicted octanol–water partition coefficient (Wildman–Crippen LogP) is 0.236. The molecule has 5 heteroatoms. The largest absolute Gasteiger partial charge is 0.368 e. The molecule has 1 atom stereocenters. The molecular weight excluding hydrogens is 228 g/mol. The van der Waals surface area contributed by atoms with E-state index in [1.54, 1.807) is 24.3 Å². The van der Waals surface area contributed by atoms with Crippen LogP contribution in [0.5, 0.6) is 0 Å². The van der Waals surface area contributed by atoms with Crippen LogP contribution in [0.2, 0.25) is 0 Å². The predicted molar refractivity (Wildman–Crippen MR) is 69.6 cm³/mol. The number of nitrogens with zero attached hydrogens (tertiary/aromatic N) is 2. The lowest BCUT2D eigenvalue weighted by molar-refractivity contribution is -0.120. The summed E-state index contributed by atoms with van der Waals surface area (Å²) in [5.41, 5.74) is 6.62. The third-order valence-corrected chi connectivity index (χ3v) is 2.54. The Morgan fingerprint density at radius 3 is 2.83 bits per heavy atom. The van der Waals surface area contributed by atoms with Crippen molar-refractivity contribution in [3.8, 4) is 6.07 Å². The molecule has 1 unspecified atom stereocenters. The molecule has 5 nitrogen and oxygen atoms in total. The molecule has 0 radical (unpaired) electrons. The Labute approximate surface area is 107 Å². The van der Waals surface area contributed by atoms with Crippen LogP contribution in [-0.4, -0.2) is 38.0 Å². The summed E-state index contributed by atoms with van der Waals surface area (Å²) in [4.78, 5) is 13.4. The summed E-state index contributed by atoms with van der Waals surface area (Å²) >= 11 is 0. The highest BCUT2D eigenvalue weighted by atomic mass is 16.1. The average molecular weight is 246 g/mol. The van der Waals surface area contributed by atoms with Gasteiger partial charge in [0.05, 0.1) is 11.6 Å². The van der Waals surface area contributed by atoms with Gasteiger partial charge in [0.15, 0.2) is 0 Å². The number of nitrogens with one attached hydrogen (secondary N) is 1. The molecule has 1 amide bonds. The normalized spacial score (nSPS) is 12.1. The molecule has 0 saturated heterocycles. The minimum Gasteiger partial charge on any atom is -0.368 e. The molecule has 0 fully saturated rings. The van der Waals surface area contributed by atoms with Crippen LogP contribution in [0.4, 0.5) is 0 Å². The molecule has 0 aliphatic rings. The van der Waals surface area contributed by atoms with Crippen LogP contribution >= 0.6 is 0 Å². The maximum absolute atomic E-state index is 11.4. The van der Waals surface area contributed by atoms with Gasteiger partial charge < -0.3 is 16.0 Å². The number of benzene rings is 1. The molecule has 0 heterocycles. The van der Waals surface area contributed by atoms with Crippen molar-refractivity contribution in [2.24, 2.45) is 5.73 Å². The van der Waals surface area contributed by atoms with Gasteiger partial charge in [-0.1, -0.05) is 12.1 Å². The number of hydrogen-bond donors (Lipinski definition) is 2. The van der Waals surface area contributed by atoms with Gasteiger partial charge in [-0.2, -0.15) is 5.26 Å². The van der Waals surface area contributed by atoms with Crippen LogP contribution < -0.4 is 11.1 Å². The standard InChI is InChI=1S/C13H18N4O/c1-17(2)7-6-16-12(13(15)18)11-5-3-4-10(8-11)9-14/h3-5,8,12,16H,6-7H2,1-2H3,(H2,15,18). The van der Waals surface area contributed by atoms with Gasteiger partial charge in [0.25, 0.3) is 0 Å². The van der Waals surface area contributed by atoms with E-state index in [2.05, 4.69) is 5.32 Å². The fraction of sp³-hybridized carbons (Fsp3) is 0.385. The van der Waals surface area contributed by atoms with Crippen molar-refractivity contribution in [3.63, 3.8) is 0 Å². The van der Waals surface area contributed by atoms with Gasteiger partial charge in [0.2, 0.25) is 5.91 Å². The van der Waals surface area contributed by atoms with E-state index in [-0.39, 0.29) is 0 Å². The Morgan fingerprint density at radius 1 is 1.56 bits per heavy atom. The summed E-state index contributed by atoms with van der Waals surface area (Å²) in [5, 5.41) is 11.9.